The number of aliphatic hydroxyl groups excluding tert-OH is 1. The first-order chi connectivity index (χ1) is 16.1. The molecule has 0 atom stereocenters. The number of aliphatic hydroxyl groups is 1. The fraction of sp³-hybridized carbons (Fsp3) is 0.455. The molecule has 188 valence electrons. The van der Waals surface area contributed by atoms with Crippen LogP contribution in [0.2, 0.25) is 0 Å². The molecular weight excluding hydrogens is 514 g/mol. The standard InChI is InChI=1S/C14H14FN3OS3.C8H16N2O.H2S/c1-16-14-17-13-10(15)7-9(8-11(13)21-14)18(4-5-19)22-12-3-2-6-20-12;9-3-6-10-4-1-8(7-11)2-5-10;/h2-3,6-8,19H,4-5H2,1H3,(H,16,17);7-8H,1-6,9H2;1H2. The van der Waals surface area contributed by atoms with Gasteiger partial charge in [0.1, 0.15) is 11.8 Å². The number of halogens is 1. The third-order valence-electron chi connectivity index (χ3n) is 5.20. The summed E-state index contributed by atoms with van der Waals surface area (Å²) in [6.45, 7) is 4.21. The Hall–Kier alpha value is -1.41. The monoisotopic (exact) mass is 545 g/mol. The number of carbonyl (C=O) groups is 1. The van der Waals surface area contributed by atoms with Crippen LogP contribution in [0.5, 0.6) is 0 Å². The molecule has 4 rings (SSSR count). The van der Waals surface area contributed by atoms with Crippen LogP contribution in [0.4, 0.5) is 15.2 Å². The summed E-state index contributed by atoms with van der Waals surface area (Å²) in [7, 11) is 1.77. The number of likely N-dealkylation sites (tertiary alicyclic amines) is 1. The van der Waals surface area contributed by atoms with Gasteiger partial charge in [-0.25, -0.2) is 9.37 Å². The minimum Gasteiger partial charge on any atom is -0.394 e. The molecule has 2 aromatic heterocycles. The van der Waals surface area contributed by atoms with Crippen molar-refractivity contribution in [1.82, 2.24) is 9.88 Å². The average Bonchev–Trinajstić information content (AvgIpc) is 3.50. The molecule has 34 heavy (non-hydrogen) atoms. The Balaban J connectivity index is 0.000000289. The number of anilines is 2. The van der Waals surface area contributed by atoms with E-state index < -0.39 is 0 Å². The van der Waals surface area contributed by atoms with Gasteiger partial charge in [-0.15, -0.1) is 11.3 Å². The van der Waals surface area contributed by atoms with Crippen LogP contribution in [-0.4, -0.2) is 67.7 Å². The van der Waals surface area contributed by atoms with Crippen molar-refractivity contribution >= 4 is 75.4 Å². The Labute approximate surface area is 219 Å². The molecule has 0 amide bonds. The van der Waals surface area contributed by atoms with Crippen LogP contribution in [0, 0.1) is 11.7 Å². The number of hydrogen-bond donors (Lipinski definition) is 3. The molecule has 1 aliphatic rings. The molecule has 3 aromatic rings. The molecular formula is C22H32FN5O2S4. The van der Waals surface area contributed by atoms with Gasteiger partial charge < -0.3 is 30.2 Å². The molecule has 0 aliphatic carbocycles. The van der Waals surface area contributed by atoms with E-state index in [1.54, 1.807) is 18.4 Å². The summed E-state index contributed by atoms with van der Waals surface area (Å²) in [5.41, 5.74) is 6.52. The third-order valence-corrected chi connectivity index (χ3v) is 8.33. The van der Waals surface area contributed by atoms with E-state index in [9.17, 15) is 14.3 Å². The van der Waals surface area contributed by atoms with Crippen molar-refractivity contribution < 1.29 is 14.3 Å². The van der Waals surface area contributed by atoms with Crippen molar-refractivity contribution in [3.8, 4) is 0 Å². The zero-order valence-electron chi connectivity index (χ0n) is 19.1. The van der Waals surface area contributed by atoms with Crippen LogP contribution in [0.25, 0.3) is 10.2 Å². The largest absolute Gasteiger partial charge is 0.394 e. The second kappa shape index (κ2) is 14.9. The van der Waals surface area contributed by atoms with E-state index in [0.29, 0.717) is 23.1 Å². The normalized spacial score (nSPS) is 14.2. The maximum Gasteiger partial charge on any atom is 0.183 e. The Morgan fingerprint density at radius 1 is 1.41 bits per heavy atom. The lowest BCUT2D eigenvalue weighted by atomic mass is 9.99. The van der Waals surface area contributed by atoms with E-state index in [2.05, 4.69) is 15.2 Å². The number of hydrogen-bond acceptors (Lipinski definition) is 10. The summed E-state index contributed by atoms with van der Waals surface area (Å²) < 4.78 is 18.1. The highest BCUT2D eigenvalue weighted by molar-refractivity contribution is 8.02. The highest BCUT2D eigenvalue weighted by Crippen LogP contribution is 2.36. The molecule has 0 unspecified atom stereocenters. The highest BCUT2D eigenvalue weighted by Gasteiger charge is 2.17. The predicted molar refractivity (Wildman–Crippen MR) is 148 cm³/mol. The van der Waals surface area contributed by atoms with Crippen molar-refractivity contribution in [2.45, 2.75) is 17.1 Å². The molecule has 0 bridgehead atoms. The molecule has 3 heterocycles. The smallest absolute Gasteiger partial charge is 0.183 e. The maximum atomic E-state index is 14.3. The first-order valence-electron chi connectivity index (χ1n) is 10.8. The van der Waals surface area contributed by atoms with Gasteiger partial charge in [0, 0.05) is 32.1 Å². The third kappa shape index (κ3) is 8.08. The SMILES string of the molecule is CNc1nc2c(F)cc(N(CCO)Sc3cccs3)cc2s1.NCCN1CCC(C=O)CC1.S. The first kappa shape index (κ1) is 28.8. The van der Waals surface area contributed by atoms with Gasteiger partial charge in [-0.2, -0.15) is 13.5 Å². The molecule has 1 fully saturated rings. The summed E-state index contributed by atoms with van der Waals surface area (Å²) >= 11 is 4.52. The summed E-state index contributed by atoms with van der Waals surface area (Å²) in [5, 5.41) is 14.9. The number of benzene rings is 1. The van der Waals surface area contributed by atoms with Gasteiger partial charge in [-0.05, 0) is 55.4 Å². The molecule has 0 spiro atoms. The topological polar surface area (TPSA) is 94.7 Å². The lowest BCUT2D eigenvalue weighted by Crippen LogP contribution is -2.37. The number of thiophene rings is 1. The van der Waals surface area contributed by atoms with Crippen molar-refractivity contribution in [1.29, 1.82) is 0 Å². The van der Waals surface area contributed by atoms with Crippen molar-refractivity contribution in [2.24, 2.45) is 11.7 Å². The first-order valence-corrected chi connectivity index (χ1v) is 13.3. The van der Waals surface area contributed by atoms with E-state index in [0.717, 1.165) is 59.9 Å². The summed E-state index contributed by atoms with van der Waals surface area (Å²) in [5.74, 6) is -0.0380. The molecule has 12 heteroatoms. The van der Waals surface area contributed by atoms with E-state index in [-0.39, 0.29) is 25.9 Å². The second-order valence-electron chi connectivity index (χ2n) is 7.50. The zero-order chi connectivity index (χ0) is 23.6. The summed E-state index contributed by atoms with van der Waals surface area (Å²) in [6, 6.07) is 7.35. The minimum absolute atomic E-state index is 0. The van der Waals surface area contributed by atoms with E-state index in [1.807, 2.05) is 27.9 Å². The predicted octanol–water partition coefficient (Wildman–Crippen LogP) is 4.01. The Kier molecular flexibility index (Phi) is 12.6. The summed E-state index contributed by atoms with van der Waals surface area (Å²) in [6.07, 6.45) is 3.12. The number of nitrogens with one attached hydrogen (secondary N) is 1. The van der Waals surface area contributed by atoms with Gasteiger partial charge in [-0.3, -0.25) is 0 Å². The minimum atomic E-state index is -0.347. The van der Waals surface area contributed by atoms with Gasteiger partial charge in [0.15, 0.2) is 10.9 Å². The van der Waals surface area contributed by atoms with Crippen LogP contribution in [0.3, 0.4) is 0 Å². The molecule has 4 N–H and O–H groups in total. The van der Waals surface area contributed by atoms with Crippen LogP contribution in [0.1, 0.15) is 12.8 Å². The molecule has 1 aliphatic heterocycles. The van der Waals surface area contributed by atoms with E-state index >= 15 is 0 Å². The van der Waals surface area contributed by atoms with Crippen LogP contribution >= 0.6 is 48.1 Å². The van der Waals surface area contributed by atoms with Crippen molar-refractivity contribution in [3.63, 3.8) is 0 Å². The molecule has 7 nitrogen and oxygen atoms in total. The molecule has 1 aromatic carbocycles. The molecule has 1 saturated heterocycles. The quantitative estimate of drug-likeness (QED) is 0.274. The fourth-order valence-electron chi connectivity index (χ4n) is 3.46. The lowest BCUT2D eigenvalue weighted by Gasteiger charge is -2.28. The molecule has 0 radical (unpaired) electrons. The number of fused-ring (bicyclic) bond motifs is 1. The van der Waals surface area contributed by atoms with Crippen molar-refractivity contribution in [3.05, 3.63) is 35.5 Å². The number of carbonyl (C=O) groups excluding carboxylic acids is 1. The zero-order valence-corrected chi connectivity index (χ0v) is 22.5. The summed E-state index contributed by atoms with van der Waals surface area (Å²) in [4.78, 5) is 16.9. The van der Waals surface area contributed by atoms with Crippen molar-refractivity contribution in [2.75, 3.05) is 56.0 Å². The lowest BCUT2D eigenvalue weighted by molar-refractivity contribution is -0.112. The molecule has 0 saturated carbocycles. The number of thiazole rings is 1. The number of aromatic nitrogens is 1. The fourth-order valence-corrected chi connectivity index (χ4v) is 6.13. The number of piperidine rings is 1. The van der Waals surface area contributed by atoms with Gasteiger partial charge >= 0.3 is 0 Å². The van der Waals surface area contributed by atoms with Crippen LogP contribution < -0.4 is 15.4 Å². The Morgan fingerprint density at radius 2 is 2.18 bits per heavy atom. The van der Waals surface area contributed by atoms with Gasteiger partial charge in [0.05, 0.1) is 27.7 Å². The second-order valence-corrected chi connectivity index (χ2v) is 10.8. The maximum absolute atomic E-state index is 14.3. The van der Waals surface area contributed by atoms with Gasteiger partial charge in [0.25, 0.3) is 0 Å². The number of nitrogens with zero attached hydrogens (tertiary/aromatic N) is 3. The van der Waals surface area contributed by atoms with Crippen LogP contribution in [0.15, 0.2) is 33.9 Å². The Morgan fingerprint density at radius 3 is 2.76 bits per heavy atom. The number of rotatable bonds is 9. The van der Waals surface area contributed by atoms with Gasteiger partial charge in [-0.1, -0.05) is 17.4 Å². The number of aldehydes is 1. The van der Waals surface area contributed by atoms with Gasteiger partial charge in [0.2, 0.25) is 0 Å². The van der Waals surface area contributed by atoms with E-state index in [4.69, 9.17) is 5.73 Å². The Bertz CT molecular complexity index is 997. The highest BCUT2D eigenvalue weighted by atomic mass is 32.2. The average molecular weight is 546 g/mol. The van der Waals surface area contributed by atoms with E-state index in [1.165, 1.54) is 29.4 Å². The van der Waals surface area contributed by atoms with Crippen LogP contribution in [-0.2, 0) is 4.79 Å². The number of nitrogens with two attached hydrogens (primary N) is 1.